The van der Waals surface area contributed by atoms with Crippen molar-refractivity contribution in [2.24, 2.45) is 5.92 Å². The van der Waals surface area contributed by atoms with Crippen molar-refractivity contribution in [3.05, 3.63) is 30.1 Å². The summed E-state index contributed by atoms with van der Waals surface area (Å²) in [5.74, 6) is 1.26. The second-order valence-corrected chi connectivity index (χ2v) is 9.47. The zero-order valence-corrected chi connectivity index (χ0v) is 19.0. The molecule has 1 saturated heterocycles. The maximum absolute atomic E-state index is 13.1. The molecule has 9 heteroatoms. The summed E-state index contributed by atoms with van der Waals surface area (Å²) >= 11 is 0. The monoisotopic (exact) mass is 450 g/mol. The summed E-state index contributed by atoms with van der Waals surface area (Å²) in [4.78, 5) is 39.3. The molecule has 5 rings (SSSR count). The van der Waals surface area contributed by atoms with Gasteiger partial charge in [0.2, 0.25) is 5.91 Å². The summed E-state index contributed by atoms with van der Waals surface area (Å²) < 4.78 is 2.18. The fourth-order valence-electron chi connectivity index (χ4n) is 5.38. The van der Waals surface area contributed by atoms with Gasteiger partial charge in [0.25, 0.3) is 5.91 Å². The number of amides is 4. The van der Waals surface area contributed by atoms with Crippen LogP contribution in [0.2, 0.25) is 0 Å². The van der Waals surface area contributed by atoms with Crippen molar-refractivity contribution in [3.63, 3.8) is 0 Å². The van der Waals surface area contributed by atoms with Crippen LogP contribution in [0.4, 0.5) is 10.5 Å². The van der Waals surface area contributed by atoms with Crippen LogP contribution in [-0.2, 0) is 22.6 Å². The van der Waals surface area contributed by atoms with Crippen LogP contribution in [0.15, 0.2) is 24.3 Å². The molecule has 2 aromatic rings. The second kappa shape index (κ2) is 8.61. The van der Waals surface area contributed by atoms with E-state index >= 15 is 0 Å². The molecule has 2 fully saturated rings. The SMILES string of the molecule is C[C@@H]1CCCC[C@@]12NC(=O)N(CC(=O)Nc1ccc(-c3nnc4n3CCCCC4)cc1)C2=O. The molecule has 2 N–H and O–H groups in total. The van der Waals surface area contributed by atoms with Crippen LogP contribution in [0, 0.1) is 5.92 Å². The molecule has 33 heavy (non-hydrogen) atoms. The zero-order chi connectivity index (χ0) is 23.0. The quantitative estimate of drug-likeness (QED) is 0.696. The van der Waals surface area contributed by atoms with Crippen LogP contribution in [0.3, 0.4) is 0 Å². The van der Waals surface area contributed by atoms with Gasteiger partial charge >= 0.3 is 6.03 Å². The lowest BCUT2D eigenvalue weighted by atomic mass is 9.73. The maximum atomic E-state index is 13.1. The number of aromatic nitrogens is 3. The highest BCUT2D eigenvalue weighted by atomic mass is 16.2. The standard InChI is InChI=1S/C24H30N6O3/c1-16-7-4-5-13-24(16)22(32)30(23(33)26-24)15-20(31)25-18-11-9-17(10-12-18)21-28-27-19-8-3-2-6-14-29(19)21/h9-12,16H,2-8,13-15H2,1H3,(H,25,31)(H,26,33)/t16-,24-/m1/s1. The molecular formula is C24H30N6O3. The first kappa shape index (κ1) is 21.6. The van der Waals surface area contributed by atoms with Crippen molar-refractivity contribution in [1.82, 2.24) is 25.0 Å². The molecule has 2 aliphatic heterocycles. The Balaban J connectivity index is 1.24. The maximum Gasteiger partial charge on any atom is 0.325 e. The summed E-state index contributed by atoms with van der Waals surface area (Å²) in [5, 5.41) is 14.4. The Labute approximate surface area is 192 Å². The lowest BCUT2D eigenvalue weighted by molar-refractivity contribution is -0.136. The summed E-state index contributed by atoms with van der Waals surface area (Å²) in [7, 11) is 0. The Morgan fingerprint density at radius 1 is 1.12 bits per heavy atom. The molecule has 0 bridgehead atoms. The molecule has 9 nitrogen and oxygen atoms in total. The molecule has 1 spiro atoms. The van der Waals surface area contributed by atoms with E-state index in [9.17, 15) is 14.4 Å². The van der Waals surface area contributed by atoms with E-state index in [1.165, 1.54) is 6.42 Å². The fourth-order valence-corrected chi connectivity index (χ4v) is 5.38. The largest absolute Gasteiger partial charge is 0.325 e. The minimum absolute atomic E-state index is 0.0653. The van der Waals surface area contributed by atoms with Gasteiger partial charge in [0.1, 0.15) is 17.9 Å². The van der Waals surface area contributed by atoms with Crippen LogP contribution in [-0.4, -0.2) is 49.6 Å². The average Bonchev–Trinajstić information content (AvgIpc) is 3.19. The molecule has 4 amide bonds. The minimum Gasteiger partial charge on any atom is -0.325 e. The van der Waals surface area contributed by atoms with Gasteiger partial charge in [0, 0.05) is 24.2 Å². The van der Waals surface area contributed by atoms with Crippen LogP contribution in [0.5, 0.6) is 0 Å². The van der Waals surface area contributed by atoms with Crippen molar-refractivity contribution in [2.45, 2.75) is 70.4 Å². The Hall–Kier alpha value is -3.23. The number of rotatable bonds is 4. The Bertz CT molecular complexity index is 1080. The predicted molar refractivity (Wildman–Crippen MR) is 122 cm³/mol. The first-order valence-electron chi connectivity index (χ1n) is 11.9. The Morgan fingerprint density at radius 3 is 2.73 bits per heavy atom. The summed E-state index contributed by atoms with van der Waals surface area (Å²) in [5.41, 5.74) is 0.691. The van der Waals surface area contributed by atoms with E-state index in [2.05, 4.69) is 25.4 Å². The zero-order valence-electron chi connectivity index (χ0n) is 19.0. The van der Waals surface area contributed by atoms with Gasteiger partial charge in [-0.25, -0.2) is 4.79 Å². The number of carbonyl (C=O) groups excluding carboxylic acids is 3. The fraction of sp³-hybridized carbons (Fsp3) is 0.542. The number of imide groups is 1. The van der Waals surface area contributed by atoms with E-state index in [1.807, 2.05) is 31.2 Å². The molecule has 3 aliphatic rings. The number of anilines is 1. The van der Waals surface area contributed by atoms with Crippen molar-refractivity contribution in [2.75, 3.05) is 11.9 Å². The third kappa shape index (κ3) is 3.89. The van der Waals surface area contributed by atoms with Crippen LogP contribution >= 0.6 is 0 Å². The average molecular weight is 451 g/mol. The van der Waals surface area contributed by atoms with Crippen LogP contribution in [0.1, 0.15) is 57.7 Å². The van der Waals surface area contributed by atoms with E-state index in [0.29, 0.717) is 12.1 Å². The molecule has 174 valence electrons. The van der Waals surface area contributed by atoms with Gasteiger partial charge in [-0.1, -0.05) is 26.2 Å². The highest BCUT2D eigenvalue weighted by Crippen LogP contribution is 2.38. The van der Waals surface area contributed by atoms with E-state index in [-0.39, 0.29) is 18.4 Å². The van der Waals surface area contributed by atoms with E-state index < -0.39 is 17.5 Å². The summed E-state index contributed by atoms with van der Waals surface area (Å²) in [6, 6.07) is 6.95. The molecule has 0 unspecified atom stereocenters. The highest BCUT2D eigenvalue weighted by Gasteiger charge is 2.55. The number of benzene rings is 1. The Morgan fingerprint density at radius 2 is 1.94 bits per heavy atom. The number of carbonyl (C=O) groups is 3. The van der Waals surface area contributed by atoms with Crippen molar-refractivity contribution < 1.29 is 14.4 Å². The number of fused-ring (bicyclic) bond motifs is 1. The van der Waals surface area contributed by atoms with Crippen molar-refractivity contribution in [3.8, 4) is 11.4 Å². The molecule has 2 atom stereocenters. The molecule has 1 saturated carbocycles. The lowest BCUT2D eigenvalue weighted by Crippen LogP contribution is -2.54. The molecule has 1 aliphatic carbocycles. The first-order valence-corrected chi connectivity index (χ1v) is 11.9. The van der Waals surface area contributed by atoms with Crippen LogP contribution < -0.4 is 10.6 Å². The number of nitrogens with zero attached hydrogens (tertiary/aromatic N) is 4. The molecule has 3 heterocycles. The topological polar surface area (TPSA) is 109 Å². The number of hydrogen-bond acceptors (Lipinski definition) is 5. The van der Waals surface area contributed by atoms with Gasteiger partial charge in [0.15, 0.2) is 5.82 Å². The highest BCUT2D eigenvalue weighted by molar-refractivity contribution is 6.10. The second-order valence-electron chi connectivity index (χ2n) is 9.47. The smallest absolute Gasteiger partial charge is 0.325 e. The number of aryl methyl sites for hydroxylation is 1. The lowest BCUT2D eigenvalue weighted by Gasteiger charge is -2.36. The van der Waals surface area contributed by atoms with Gasteiger partial charge in [-0.05, 0) is 55.9 Å². The van der Waals surface area contributed by atoms with E-state index in [4.69, 9.17) is 0 Å². The van der Waals surface area contributed by atoms with Crippen LogP contribution in [0.25, 0.3) is 11.4 Å². The summed E-state index contributed by atoms with van der Waals surface area (Å²) in [6.07, 6.45) is 7.89. The normalized spacial score (nSPS) is 25.0. The number of urea groups is 1. The Kier molecular flexibility index (Phi) is 5.64. The summed E-state index contributed by atoms with van der Waals surface area (Å²) in [6.45, 7) is 2.62. The number of nitrogens with one attached hydrogen (secondary N) is 2. The molecular weight excluding hydrogens is 420 g/mol. The molecule has 1 aromatic heterocycles. The van der Waals surface area contributed by atoms with Gasteiger partial charge in [-0.2, -0.15) is 0 Å². The molecule has 0 radical (unpaired) electrons. The number of hydrogen-bond donors (Lipinski definition) is 2. The van der Waals surface area contributed by atoms with Gasteiger partial charge < -0.3 is 15.2 Å². The third-order valence-electron chi connectivity index (χ3n) is 7.34. The predicted octanol–water partition coefficient (Wildman–Crippen LogP) is 3.11. The first-order chi connectivity index (χ1) is 16.0. The van der Waals surface area contributed by atoms with Gasteiger partial charge in [0.05, 0.1) is 0 Å². The van der Waals surface area contributed by atoms with E-state index in [1.54, 1.807) is 0 Å². The third-order valence-corrected chi connectivity index (χ3v) is 7.34. The van der Waals surface area contributed by atoms with Gasteiger partial charge in [-0.15, -0.1) is 10.2 Å². The molecule has 1 aromatic carbocycles. The van der Waals surface area contributed by atoms with Crippen molar-refractivity contribution >= 4 is 23.5 Å². The van der Waals surface area contributed by atoms with Crippen molar-refractivity contribution in [1.29, 1.82) is 0 Å². The minimum atomic E-state index is -0.854. The van der Waals surface area contributed by atoms with Gasteiger partial charge in [-0.3, -0.25) is 14.5 Å². The van der Waals surface area contributed by atoms with E-state index in [0.717, 1.165) is 67.2 Å².